The average molecular weight is 366 g/mol. The van der Waals surface area contributed by atoms with Crippen LogP contribution in [0.25, 0.3) is 6.08 Å². The van der Waals surface area contributed by atoms with Crippen LogP contribution in [0.15, 0.2) is 66.9 Å². The van der Waals surface area contributed by atoms with Crippen molar-refractivity contribution in [3.05, 3.63) is 78.1 Å². The van der Waals surface area contributed by atoms with E-state index in [4.69, 9.17) is 14.2 Å². The predicted octanol–water partition coefficient (Wildman–Crippen LogP) is 4.18. The van der Waals surface area contributed by atoms with Crippen molar-refractivity contribution in [2.45, 2.75) is 6.61 Å². The van der Waals surface area contributed by atoms with E-state index in [1.54, 1.807) is 31.4 Å². The van der Waals surface area contributed by atoms with Crippen molar-refractivity contribution in [3.63, 3.8) is 0 Å². The van der Waals surface area contributed by atoms with Gasteiger partial charge in [-0.2, -0.15) is 0 Å². The SMILES string of the molecule is C=C=CCOc1ccc(COc2ccc(/C=C/C(=O)OC)cc2OC)cc1. The standard InChI is InChI=1S/C22H22O5/c1-4-5-14-26-19-10-6-18(7-11-19)16-27-20-12-8-17(15-21(20)24-2)9-13-22(23)25-3/h5-13,15H,1,14,16H2,2-3H3/b13-9+. The summed E-state index contributed by atoms with van der Waals surface area (Å²) < 4.78 is 21.3. The molecular formula is C22H22O5. The van der Waals surface area contributed by atoms with Gasteiger partial charge in [0.2, 0.25) is 0 Å². The zero-order valence-electron chi connectivity index (χ0n) is 15.4. The molecule has 2 aromatic rings. The smallest absolute Gasteiger partial charge is 0.330 e. The molecule has 5 heteroatoms. The van der Waals surface area contributed by atoms with Gasteiger partial charge in [0.25, 0.3) is 0 Å². The molecule has 0 amide bonds. The molecule has 0 unspecified atom stereocenters. The fourth-order valence-electron chi connectivity index (χ4n) is 2.18. The molecule has 0 bridgehead atoms. The van der Waals surface area contributed by atoms with E-state index < -0.39 is 5.97 Å². The summed E-state index contributed by atoms with van der Waals surface area (Å²) in [4.78, 5) is 11.2. The average Bonchev–Trinajstić information content (AvgIpc) is 2.71. The molecular weight excluding hydrogens is 344 g/mol. The Morgan fingerprint density at radius 1 is 1.07 bits per heavy atom. The summed E-state index contributed by atoms with van der Waals surface area (Å²) in [5.74, 6) is 1.55. The van der Waals surface area contributed by atoms with Crippen LogP contribution in [0.5, 0.6) is 17.2 Å². The van der Waals surface area contributed by atoms with Gasteiger partial charge in [0.05, 0.1) is 14.2 Å². The van der Waals surface area contributed by atoms with E-state index in [2.05, 4.69) is 17.0 Å². The van der Waals surface area contributed by atoms with Crippen molar-refractivity contribution in [1.82, 2.24) is 0 Å². The fourth-order valence-corrected chi connectivity index (χ4v) is 2.18. The summed E-state index contributed by atoms with van der Waals surface area (Å²) in [6, 6.07) is 13.1. The van der Waals surface area contributed by atoms with Crippen molar-refractivity contribution in [2.24, 2.45) is 0 Å². The number of methoxy groups -OCH3 is 2. The van der Waals surface area contributed by atoms with Gasteiger partial charge >= 0.3 is 5.97 Å². The fraction of sp³-hybridized carbons (Fsp3) is 0.182. The van der Waals surface area contributed by atoms with E-state index >= 15 is 0 Å². The van der Waals surface area contributed by atoms with Crippen molar-refractivity contribution in [3.8, 4) is 17.2 Å². The molecule has 0 aliphatic carbocycles. The lowest BCUT2D eigenvalue weighted by atomic mass is 10.2. The second-order valence-electron chi connectivity index (χ2n) is 5.42. The molecule has 0 saturated heterocycles. The molecule has 2 aromatic carbocycles. The predicted molar refractivity (Wildman–Crippen MR) is 104 cm³/mol. The van der Waals surface area contributed by atoms with Crippen LogP contribution in [0.3, 0.4) is 0 Å². The van der Waals surface area contributed by atoms with Gasteiger partial charge in [0.15, 0.2) is 11.5 Å². The molecule has 0 atom stereocenters. The van der Waals surface area contributed by atoms with Crippen LogP contribution in [-0.2, 0) is 16.1 Å². The third-order valence-electron chi connectivity index (χ3n) is 3.60. The Balaban J connectivity index is 1.99. The van der Waals surface area contributed by atoms with Gasteiger partial charge in [-0.25, -0.2) is 4.79 Å². The zero-order chi connectivity index (χ0) is 19.5. The number of esters is 1. The van der Waals surface area contributed by atoms with E-state index in [0.29, 0.717) is 24.7 Å². The van der Waals surface area contributed by atoms with Crippen molar-refractivity contribution in [2.75, 3.05) is 20.8 Å². The van der Waals surface area contributed by atoms with Crippen LogP contribution >= 0.6 is 0 Å². The minimum absolute atomic E-state index is 0.389. The lowest BCUT2D eigenvalue weighted by Gasteiger charge is -2.12. The summed E-state index contributed by atoms with van der Waals surface area (Å²) in [6.45, 7) is 4.32. The molecule has 27 heavy (non-hydrogen) atoms. The number of rotatable bonds is 9. The van der Waals surface area contributed by atoms with Gasteiger partial charge in [-0.3, -0.25) is 0 Å². The zero-order valence-corrected chi connectivity index (χ0v) is 15.4. The molecule has 0 spiro atoms. The molecule has 0 saturated carbocycles. The molecule has 0 fully saturated rings. The van der Waals surface area contributed by atoms with E-state index in [1.165, 1.54) is 13.2 Å². The maximum Gasteiger partial charge on any atom is 0.330 e. The van der Waals surface area contributed by atoms with Gasteiger partial charge < -0.3 is 18.9 Å². The molecule has 0 radical (unpaired) electrons. The first-order valence-electron chi connectivity index (χ1n) is 8.29. The number of carbonyl (C=O) groups excluding carboxylic acids is 1. The lowest BCUT2D eigenvalue weighted by Crippen LogP contribution is -1.99. The summed E-state index contributed by atoms with van der Waals surface area (Å²) in [6.07, 6.45) is 4.72. The van der Waals surface area contributed by atoms with Gasteiger partial charge in [0, 0.05) is 6.08 Å². The van der Waals surface area contributed by atoms with E-state index in [1.807, 2.05) is 30.3 Å². The normalized spacial score (nSPS) is 10.1. The van der Waals surface area contributed by atoms with Crippen molar-refractivity contribution in [1.29, 1.82) is 0 Å². The summed E-state index contributed by atoms with van der Waals surface area (Å²) in [7, 11) is 2.90. The number of benzene rings is 2. The van der Waals surface area contributed by atoms with Crippen LogP contribution in [0.2, 0.25) is 0 Å². The van der Waals surface area contributed by atoms with Crippen LogP contribution in [0.1, 0.15) is 11.1 Å². The van der Waals surface area contributed by atoms with Crippen LogP contribution in [0.4, 0.5) is 0 Å². The molecule has 0 aliphatic heterocycles. The first kappa shape index (κ1) is 19.9. The topological polar surface area (TPSA) is 54.0 Å². The second-order valence-corrected chi connectivity index (χ2v) is 5.42. The van der Waals surface area contributed by atoms with Crippen LogP contribution < -0.4 is 14.2 Å². The Bertz CT molecular complexity index is 830. The van der Waals surface area contributed by atoms with Gasteiger partial charge in [-0.05, 0) is 47.5 Å². The third-order valence-corrected chi connectivity index (χ3v) is 3.60. The van der Waals surface area contributed by atoms with Crippen LogP contribution in [-0.4, -0.2) is 26.8 Å². The number of hydrogen-bond acceptors (Lipinski definition) is 5. The van der Waals surface area contributed by atoms with Crippen molar-refractivity contribution < 1.29 is 23.7 Å². The number of carbonyl (C=O) groups is 1. The summed E-state index contributed by atoms with van der Waals surface area (Å²) in [5, 5.41) is 0. The monoisotopic (exact) mass is 366 g/mol. The maximum atomic E-state index is 11.2. The Morgan fingerprint density at radius 2 is 1.85 bits per heavy atom. The highest BCUT2D eigenvalue weighted by atomic mass is 16.5. The Morgan fingerprint density at radius 3 is 2.52 bits per heavy atom. The number of hydrogen-bond donors (Lipinski definition) is 0. The molecule has 0 N–H and O–H groups in total. The minimum atomic E-state index is -0.415. The molecule has 0 aliphatic rings. The molecule has 0 heterocycles. The van der Waals surface area contributed by atoms with Gasteiger partial charge in [-0.1, -0.05) is 24.8 Å². The highest BCUT2D eigenvalue weighted by molar-refractivity contribution is 5.87. The summed E-state index contributed by atoms with van der Waals surface area (Å²) >= 11 is 0. The molecule has 140 valence electrons. The van der Waals surface area contributed by atoms with Gasteiger partial charge in [-0.15, -0.1) is 5.73 Å². The molecule has 5 nitrogen and oxygen atoms in total. The highest BCUT2D eigenvalue weighted by Gasteiger charge is 2.06. The molecule has 2 rings (SSSR count). The van der Waals surface area contributed by atoms with Gasteiger partial charge in [0.1, 0.15) is 19.0 Å². The van der Waals surface area contributed by atoms with Crippen molar-refractivity contribution >= 4 is 12.0 Å². The number of ether oxygens (including phenoxy) is 4. The quantitative estimate of drug-likeness (QED) is 0.379. The van der Waals surface area contributed by atoms with E-state index in [9.17, 15) is 4.79 Å². The Kier molecular flexibility index (Phi) is 7.76. The van der Waals surface area contributed by atoms with E-state index in [-0.39, 0.29) is 0 Å². The maximum absolute atomic E-state index is 11.2. The van der Waals surface area contributed by atoms with E-state index in [0.717, 1.165) is 16.9 Å². The second kappa shape index (κ2) is 10.5. The molecule has 0 aromatic heterocycles. The first-order chi connectivity index (χ1) is 13.2. The van der Waals surface area contributed by atoms with Crippen LogP contribution in [0, 0.1) is 0 Å². The minimum Gasteiger partial charge on any atom is -0.493 e. The lowest BCUT2D eigenvalue weighted by molar-refractivity contribution is -0.134. The largest absolute Gasteiger partial charge is 0.493 e. The Labute approximate surface area is 159 Å². The Hall–Kier alpha value is -3.43. The summed E-state index contributed by atoms with van der Waals surface area (Å²) in [5.41, 5.74) is 4.46. The third kappa shape index (κ3) is 6.42. The highest BCUT2D eigenvalue weighted by Crippen LogP contribution is 2.29. The first-order valence-corrected chi connectivity index (χ1v) is 8.29.